The molecule has 0 saturated carbocycles. The molecule has 1 spiro atoms. The second kappa shape index (κ2) is 6.49. The maximum Gasteiger partial charge on any atom is 0.349 e. The molecular weight excluding hydrogens is 436 g/mol. The summed E-state index contributed by atoms with van der Waals surface area (Å²) in [5.41, 5.74) is 7.10. The molecule has 3 aliphatic heterocycles. The van der Waals surface area contributed by atoms with Crippen LogP contribution >= 0.6 is 11.3 Å². The van der Waals surface area contributed by atoms with Crippen molar-refractivity contribution in [3.05, 3.63) is 126 Å². The molecule has 0 N–H and O–H groups in total. The van der Waals surface area contributed by atoms with Crippen molar-refractivity contribution in [1.29, 1.82) is 0 Å². The molecule has 0 aliphatic carbocycles. The van der Waals surface area contributed by atoms with E-state index in [2.05, 4.69) is 140 Å². The number of hydrogen-bond acceptors (Lipinski definition) is 4. The monoisotopic (exact) mass is 457 g/mol. The van der Waals surface area contributed by atoms with E-state index in [1.807, 2.05) is 0 Å². The lowest BCUT2D eigenvalue weighted by atomic mass is 9.91. The predicted octanol–water partition coefficient (Wildman–Crippen LogP) is 6.52. The molecule has 2 atom stereocenters. The van der Waals surface area contributed by atoms with E-state index in [1.165, 1.54) is 39.1 Å². The Hall–Kier alpha value is -4.09. The number of para-hydroxylation sites is 5. The van der Waals surface area contributed by atoms with E-state index in [9.17, 15) is 0 Å². The molecule has 0 radical (unpaired) electrons. The summed E-state index contributed by atoms with van der Waals surface area (Å²) in [6.45, 7) is 0. The largest absolute Gasteiger partial charge is 0.349 e. The Bertz CT molecular complexity index is 1530. The summed E-state index contributed by atoms with van der Waals surface area (Å²) in [6.07, 6.45) is 2.28. The molecule has 4 nitrogen and oxygen atoms in total. The van der Waals surface area contributed by atoms with E-state index in [4.69, 9.17) is 0 Å². The molecule has 0 fully saturated rings. The van der Waals surface area contributed by atoms with Gasteiger partial charge in [-0.15, -0.1) is 0 Å². The third-order valence-electron chi connectivity index (χ3n) is 7.35. The molecule has 0 bridgehead atoms. The summed E-state index contributed by atoms with van der Waals surface area (Å²) in [7, 11) is 0. The number of anilines is 6. The molecule has 5 heteroatoms. The van der Waals surface area contributed by atoms with Crippen molar-refractivity contribution < 1.29 is 4.57 Å². The van der Waals surface area contributed by atoms with Gasteiger partial charge in [-0.2, -0.15) is 9.47 Å². The van der Waals surface area contributed by atoms with Crippen molar-refractivity contribution >= 4 is 44.9 Å². The van der Waals surface area contributed by atoms with Crippen LogP contribution in [0.15, 0.2) is 121 Å². The van der Waals surface area contributed by atoms with Gasteiger partial charge in [0.25, 0.3) is 0 Å². The van der Waals surface area contributed by atoms with Crippen LogP contribution in [0.1, 0.15) is 5.56 Å². The van der Waals surface area contributed by atoms with Crippen LogP contribution in [0, 0.1) is 0 Å². The first kappa shape index (κ1) is 18.3. The van der Waals surface area contributed by atoms with Crippen LogP contribution in [-0.4, -0.2) is 6.17 Å². The second-order valence-electron chi connectivity index (χ2n) is 8.91. The van der Waals surface area contributed by atoms with Crippen LogP contribution in [0.25, 0.3) is 0 Å². The fourth-order valence-corrected chi connectivity index (χ4v) is 7.12. The van der Waals surface area contributed by atoms with Crippen molar-refractivity contribution in [1.82, 2.24) is 0 Å². The fraction of sp³-hybridized carbons (Fsp3) is 0.0690. The number of rotatable bonds is 2. The van der Waals surface area contributed by atoms with Crippen LogP contribution < -0.4 is 19.3 Å². The zero-order valence-corrected chi connectivity index (χ0v) is 19.1. The quantitative estimate of drug-likeness (QED) is 0.280. The Morgan fingerprint density at radius 2 is 1.21 bits per heavy atom. The van der Waals surface area contributed by atoms with E-state index < -0.39 is 5.66 Å². The minimum atomic E-state index is -0.401. The minimum Gasteiger partial charge on any atom is -0.310 e. The number of thiazole rings is 1. The van der Waals surface area contributed by atoms with Gasteiger partial charge in [0.15, 0.2) is 0 Å². The fourth-order valence-electron chi connectivity index (χ4n) is 6.15. The highest BCUT2D eigenvalue weighted by atomic mass is 32.1. The van der Waals surface area contributed by atoms with Crippen LogP contribution in [0.2, 0.25) is 0 Å². The molecule has 8 rings (SSSR count). The Morgan fingerprint density at radius 3 is 1.94 bits per heavy atom. The lowest BCUT2D eigenvalue weighted by molar-refractivity contribution is -0.771. The summed E-state index contributed by atoms with van der Waals surface area (Å²) in [5, 5.41) is 3.46. The third kappa shape index (κ3) is 2.02. The minimum absolute atomic E-state index is 0.0250. The van der Waals surface area contributed by atoms with Crippen molar-refractivity contribution in [3.63, 3.8) is 0 Å². The van der Waals surface area contributed by atoms with E-state index >= 15 is 0 Å². The number of nitrogens with zero attached hydrogens (tertiary/aromatic N) is 4. The van der Waals surface area contributed by atoms with E-state index in [-0.39, 0.29) is 6.17 Å². The van der Waals surface area contributed by atoms with Crippen molar-refractivity contribution in [2.24, 2.45) is 0 Å². The van der Waals surface area contributed by atoms with Crippen LogP contribution in [0.5, 0.6) is 0 Å². The number of fused-ring (bicyclic) bond motifs is 9. The molecule has 4 heterocycles. The molecule has 5 aromatic rings. The highest BCUT2D eigenvalue weighted by Gasteiger charge is 2.75. The average Bonchev–Trinajstić information content (AvgIpc) is 3.55. The predicted molar refractivity (Wildman–Crippen MR) is 138 cm³/mol. The van der Waals surface area contributed by atoms with Gasteiger partial charge in [0.1, 0.15) is 11.9 Å². The highest BCUT2D eigenvalue weighted by molar-refractivity contribution is 7.13. The first-order valence-corrected chi connectivity index (χ1v) is 12.5. The van der Waals surface area contributed by atoms with Gasteiger partial charge in [-0.05, 0) is 48.5 Å². The van der Waals surface area contributed by atoms with Crippen LogP contribution in [0.3, 0.4) is 0 Å². The standard InChI is InChI=1S/C29H21N4S/c1-3-11-21(12-4-1)31-25-17-9-10-18-26(25)32-24-16-8-7-15-23(24)29(27(31)32)30-19-20-34-28(30)33(29)22-13-5-2-6-14-22/h1-20,27H/q+1. The van der Waals surface area contributed by atoms with Gasteiger partial charge in [0.05, 0.1) is 22.6 Å². The zero-order chi connectivity index (χ0) is 22.3. The molecule has 162 valence electrons. The number of hydrogen-bond donors (Lipinski definition) is 0. The highest BCUT2D eigenvalue weighted by Crippen LogP contribution is 2.63. The summed E-state index contributed by atoms with van der Waals surface area (Å²) in [5.74, 6) is 0. The van der Waals surface area contributed by atoms with E-state index in [0.717, 1.165) is 0 Å². The third-order valence-corrected chi connectivity index (χ3v) is 8.20. The first-order valence-electron chi connectivity index (χ1n) is 11.6. The average molecular weight is 458 g/mol. The zero-order valence-electron chi connectivity index (χ0n) is 18.3. The lowest BCUT2D eigenvalue weighted by Gasteiger charge is -2.47. The van der Waals surface area contributed by atoms with Gasteiger partial charge < -0.3 is 9.80 Å². The Kier molecular flexibility index (Phi) is 3.50. The molecule has 0 amide bonds. The van der Waals surface area contributed by atoms with Gasteiger partial charge in [-0.1, -0.05) is 72.0 Å². The van der Waals surface area contributed by atoms with Gasteiger partial charge in [-0.3, -0.25) is 0 Å². The van der Waals surface area contributed by atoms with Crippen molar-refractivity contribution in [2.45, 2.75) is 11.8 Å². The van der Waals surface area contributed by atoms with Gasteiger partial charge in [0.2, 0.25) is 6.17 Å². The van der Waals surface area contributed by atoms with Crippen molar-refractivity contribution in [2.75, 3.05) is 14.7 Å². The summed E-state index contributed by atoms with van der Waals surface area (Å²) in [4.78, 5) is 7.61. The Morgan fingerprint density at radius 1 is 0.618 bits per heavy atom. The topological polar surface area (TPSA) is 13.6 Å². The number of benzene rings is 4. The molecule has 4 aromatic carbocycles. The lowest BCUT2D eigenvalue weighted by Crippen LogP contribution is -2.81. The van der Waals surface area contributed by atoms with E-state index in [0.29, 0.717) is 0 Å². The molecule has 3 aliphatic rings. The van der Waals surface area contributed by atoms with Crippen molar-refractivity contribution in [3.8, 4) is 0 Å². The summed E-state index contributed by atoms with van der Waals surface area (Å²) >= 11 is 1.80. The molecule has 2 unspecified atom stereocenters. The number of aromatic nitrogens is 1. The first-order chi connectivity index (χ1) is 16.9. The molecule has 0 saturated heterocycles. The SMILES string of the molecule is c1ccc(N2c3ccccc3N3c4ccccc4C4(C23)N(c2ccccc2)c2scc[n+]24)cc1. The smallest absolute Gasteiger partial charge is 0.310 e. The molecular formula is C29H21N4S+. The van der Waals surface area contributed by atoms with Crippen LogP contribution in [-0.2, 0) is 5.66 Å². The Labute approximate surface area is 202 Å². The van der Waals surface area contributed by atoms with Crippen LogP contribution in [0.4, 0.5) is 33.6 Å². The molecule has 1 aromatic heterocycles. The normalized spacial score (nSPS) is 21.2. The van der Waals surface area contributed by atoms with Gasteiger partial charge >= 0.3 is 10.8 Å². The summed E-state index contributed by atoms with van der Waals surface area (Å²) < 4.78 is 2.48. The summed E-state index contributed by atoms with van der Waals surface area (Å²) in [6, 6.07) is 39.3. The second-order valence-corrected chi connectivity index (χ2v) is 9.78. The maximum absolute atomic E-state index is 2.54. The van der Waals surface area contributed by atoms with Gasteiger partial charge in [-0.25, -0.2) is 0 Å². The van der Waals surface area contributed by atoms with Gasteiger partial charge in [0, 0.05) is 11.1 Å². The van der Waals surface area contributed by atoms with E-state index in [1.54, 1.807) is 11.3 Å². The molecule has 34 heavy (non-hydrogen) atoms. The maximum atomic E-state index is 2.54. The Balaban J connectivity index is 1.48.